The van der Waals surface area contributed by atoms with Gasteiger partial charge in [0.1, 0.15) is 11.3 Å². The van der Waals surface area contributed by atoms with E-state index in [2.05, 4.69) is 10.1 Å². The van der Waals surface area contributed by atoms with E-state index in [4.69, 9.17) is 16.3 Å². The molecule has 1 amide bonds. The monoisotopic (exact) mass is 609 g/mol. The van der Waals surface area contributed by atoms with Crippen LogP contribution in [0.15, 0.2) is 42.6 Å². The molecule has 0 aliphatic rings. The average Bonchev–Trinajstić information content (AvgIpc) is 3.53. The number of amides is 1. The van der Waals surface area contributed by atoms with Gasteiger partial charge < -0.3 is 14.7 Å². The number of aromatic nitrogens is 3. The van der Waals surface area contributed by atoms with Gasteiger partial charge in [0.05, 0.1) is 36.0 Å². The molecule has 1 aromatic carbocycles. The predicted molar refractivity (Wildman–Crippen MR) is 153 cm³/mol. The second-order valence-electron chi connectivity index (χ2n) is 9.87. The summed E-state index contributed by atoms with van der Waals surface area (Å²) in [5.41, 5.74) is -0.781. The predicted octanol–water partition coefficient (Wildman–Crippen LogP) is 5.96. The quantitative estimate of drug-likeness (QED) is 0.239. The van der Waals surface area contributed by atoms with Crippen LogP contribution in [0.2, 0.25) is 4.34 Å². The molecule has 3 aromatic heterocycles. The summed E-state index contributed by atoms with van der Waals surface area (Å²) in [5.74, 6) is 0.0557. The topological polar surface area (TPSA) is 83.2 Å². The number of halogens is 4. The third-order valence-electron chi connectivity index (χ3n) is 6.95. The van der Waals surface area contributed by atoms with Gasteiger partial charge in [-0.2, -0.15) is 18.3 Å². The van der Waals surface area contributed by atoms with Gasteiger partial charge in [-0.3, -0.25) is 9.69 Å². The summed E-state index contributed by atoms with van der Waals surface area (Å²) in [4.78, 5) is 22.7. The molecule has 4 rings (SSSR count). The molecule has 0 fully saturated rings. The van der Waals surface area contributed by atoms with E-state index in [0.29, 0.717) is 26.7 Å². The Kier molecular flexibility index (Phi) is 9.27. The number of thiophene rings is 1. The molecule has 41 heavy (non-hydrogen) atoms. The molecule has 0 saturated heterocycles. The standard InChI is InChI=1S/C28H31ClF3N5O3S/c1-16(2)36(13-12-35(4)21(15-38)22-10-11-23(29)41-22)27(39)20-14-33-37-25(28(30,31)32)17(3)24(34-26(20)37)18-6-8-19(40-5)9-7-18/h6-11,14,16,21,38H,12-13,15H2,1-5H3. The van der Waals surface area contributed by atoms with Gasteiger partial charge in [0, 0.05) is 35.1 Å². The van der Waals surface area contributed by atoms with Crippen molar-refractivity contribution in [3.8, 4) is 17.0 Å². The number of benzene rings is 1. The van der Waals surface area contributed by atoms with E-state index >= 15 is 0 Å². The molecule has 0 radical (unpaired) electrons. The molecule has 8 nitrogen and oxygen atoms in total. The van der Waals surface area contributed by atoms with Crippen LogP contribution in [0.5, 0.6) is 5.75 Å². The highest BCUT2D eigenvalue weighted by Gasteiger charge is 2.39. The van der Waals surface area contributed by atoms with Crippen molar-refractivity contribution in [2.45, 2.75) is 39.0 Å². The number of aliphatic hydroxyl groups is 1. The van der Waals surface area contributed by atoms with Gasteiger partial charge in [0.15, 0.2) is 11.3 Å². The van der Waals surface area contributed by atoms with Crippen LogP contribution in [0.25, 0.3) is 16.9 Å². The summed E-state index contributed by atoms with van der Waals surface area (Å²) in [5, 5.41) is 14.0. The number of rotatable bonds is 10. The number of ether oxygens (including phenoxy) is 1. The van der Waals surface area contributed by atoms with Gasteiger partial charge in [-0.25, -0.2) is 9.50 Å². The van der Waals surface area contributed by atoms with E-state index in [9.17, 15) is 23.1 Å². The minimum absolute atomic E-state index is 0.0367. The first kappa shape index (κ1) is 30.8. The van der Waals surface area contributed by atoms with Crippen LogP contribution in [-0.4, -0.2) is 75.3 Å². The van der Waals surface area contributed by atoms with Crippen molar-refractivity contribution in [1.82, 2.24) is 24.4 Å². The van der Waals surface area contributed by atoms with E-state index in [1.165, 1.54) is 25.4 Å². The van der Waals surface area contributed by atoms with Crippen LogP contribution < -0.4 is 4.74 Å². The largest absolute Gasteiger partial charge is 0.497 e. The van der Waals surface area contributed by atoms with Crippen LogP contribution in [-0.2, 0) is 6.18 Å². The molecule has 1 N–H and O–H groups in total. The summed E-state index contributed by atoms with van der Waals surface area (Å²) in [6.45, 7) is 5.49. The van der Waals surface area contributed by atoms with Gasteiger partial charge in [0.2, 0.25) is 0 Å². The van der Waals surface area contributed by atoms with Crippen molar-refractivity contribution in [2.75, 3.05) is 33.9 Å². The zero-order valence-electron chi connectivity index (χ0n) is 23.2. The number of aliphatic hydroxyl groups excluding tert-OH is 1. The molecule has 0 saturated carbocycles. The minimum Gasteiger partial charge on any atom is -0.497 e. The molecule has 0 spiro atoms. The maximum absolute atomic E-state index is 14.3. The van der Waals surface area contributed by atoms with Crippen LogP contribution in [0, 0.1) is 6.92 Å². The number of likely N-dealkylation sites (N-methyl/N-ethyl adjacent to an activating group) is 1. The highest BCUT2D eigenvalue weighted by molar-refractivity contribution is 7.16. The second kappa shape index (κ2) is 12.4. The normalized spacial score (nSPS) is 12.9. The van der Waals surface area contributed by atoms with Crippen molar-refractivity contribution in [2.24, 2.45) is 0 Å². The molecule has 3 heterocycles. The lowest BCUT2D eigenvalue weighted by molar-refractivity contribution is -0.143. The lowest BCUT2D eigenvalue weighted by Gasteiger charge is -2.31. The van der Waals surface area contributed by atoms with E-state index in [1.54, 1.807) is 35.2 Å². The lowest BCUT2D eigenvalue weighted by atomic mass is 10.0. The zero-order chi connectivity index (χ0) is 30.1. The maximum atomic E-state index is 14.3. The Morgan fingerprint density at radius 2 is 1.85 bits per heavy atom. The first-order valence-corrected chi connectivity index (χ1v) is 14.0. The van der Waals surface area contributed by atoms with E-state index in [-0.39, 0.29) is 47.7 Å². The van der Waals surface area contributed by atoms with E-state index < -0.39 is 17.8 Å². The number of hydrogen-bond donors (Lipinski definition) is 1. The van der Waals surface area contributed by atoms with Crippen molar-refractivity contribution in [3.05, 3.63) is 68.6 Å². The molecular formula is C28H31ClF3N5O3S. The average molecular weight is 610 g/mol. The maximum Gasteiger partial charge on any atom is 0.433 e. The molecule has 0 aliphatic carbocycles. The summed E-state index contributed by atoms with van der Waals surface area (Å²) in [7, 11) is 3.32. The van der Waals surface area contributed by atoms with Crippen molar-refractivity contribution >= 4 is 34.5 Å². The molecule has 0 bridgehead atoms. The molecule has 1 unspecified atom stereocenters. The van der Waals surface area contributed by atoms with Crippen LogP contribution >= 0.6 is 22.9 Å². The Hall–Kier alpha value is -3.19. The molecule has 220 valence electrons. The van der Waals surface area contributed by atoms with Gasteiger partial charge in [-0.15, -0.1) is 11.3 Å². The summed E-state index contributed by atoms with van der Waals surface area (Å²) < 4.78 is 49.4. The Bertz CT molecular complexity index is 1520. The number of nitrogens with zero attached hydrogens (tertiary/aromatic N) is 5. The molecular weight excluding hydrogens is 579 g/mol. The van der Waals surface area contributed by atoms with Crippen LogP contribution in [0.1, 0.15) is 46.4 Å². The number of carbonyl (C=O) groups is 1. The third kappa shape index (κ3) is 6.35. The van der Waals surface area contributed by atoms with Crippen molar-refractivity contribution in [3.63, 3.8) is 0 Å². The highest BCUT2D eigenvalue weighted by Crippen LogP contribution is 2.37. The molecule has 1 atom stereocenters. The smallest absolute Gasteiger partial charge is 0.433 e. The summed E-state index contributed by atoms with van der Waals surface area (Å²) >= 11 is 7.44. The van der Waals surface area contributed by atoms with E-state index in [1.807, 2.05) is 31.9 Å². The van der Waals surface area contributed by atoms with E-state index in [0.717, 1.165) is 11.1 Å². The number of methoxy groups -OCH3 is 1. The van der Waals surface area contributed by atoms with Gasteiger partial charge in [-0.1, -0.05) is 11.6 Å². The molecule has 0 aliphatic heterocycles. The van der Waals surface area contributed by atoms with Crippen molar-refractivity contribution < 1.29 is 27.8 Å². The van der Waals surface area contributed by atoms with Gasteiger partial charge in [0.25, 0.3) is 5.91 Å². The van der Waals surface area contributed by atoms with Gasteiger partial charge >= 0.3 is 6.18 Å². The fraction of sp³-hybridized carbons (Fsp3) is 0.393. The summed E-state index contributed by atoms with van der Waals surface area (Å²) in [6, 6.07) is 9.53. The minimum atomic E-state index is -4.75. The Balaban J connectivity index is 1.71. The zero-order valence-corrected chi connectivity index (χ0v) is 24.8. The Morgan fingerprint density at radius 1 is 1.17 bits per heavy atom. The first-order chi connectivity index (χ1) is 19.4. The Labute approximate surface area is 244 Å². The fourth-order valence-corrected chi connectivity index (χ4v) is 5.93. The molecule has 4 aromatic rings. The fourth-order valence-electron chi connectivity index (χ4n) is 4.71. The Morgan fingerprint density at radius 3 is 2.39 bits per heavy atom. The summed E-state index contributed by atoms with van der Waals surface area (Å²) in [6.07, 6.45) is -3.61. The highest BCUT2D eigenvalue weighted by atomic mass is 35.5. The third-order valence-corrected chi connectivity index (χ3v) is 8.28. The number of carbonyl (C=O) groups excluding carboxylic acids is 1. The SMILES string of the molecule is COc1ccc(-c2nc3c(C(=O)N(CCN(C)C(CO)c4ccc(Cl)s4)C(C)C)cnn3c(C(F)(F)F)c2C)cc1. The number of hydrogen-bond acceptors (Lipinski definition) is 7. The lowest BCUT2D eigenvalue weighted by Crippen LogP contribution is -2.42. The van der Waals surface area contributed by atoms with Crippen LogP contribution in [0.3, 0.4) is 0 Å². The number of alkyl halides is 3. The first-order valence-electron chi connectivity index (χ1n) is 12.8. The van der Waals surface area contributed by atoms with Crippen LogP contribution in [0.4, 0.5) is 13.2 Å². The van der Waals surface area contributed by atoms with Crippen molar-refractivity contribution in [1.29, 1.82) is 0 Å². The van der Waals surface area contributed by atoms with Gasteiger partial charge in [-0.05, 0) is 64.2 Å². The number of fused-ring (bicyclic) bond motifs is 1. The molecule has 13 heteroatoms. The second-order valence-corrected chi connectivity index (χ2v) is 11.6.